The quantitative estimate of drug-likeness (QED) is 0.445. The molecule has 0 aliphatic heterocycles. The van der Waals surface area contributed by atoms with Crippen molar-refractivity contribution >= 4 is 16.8 Å². The normalized spacial score (nSPS) is 11.2. The minimum absolute atomic E-state index is 0.137. The molecule has 0 aliphatic rings. The van der Waals surface area contributed by atoms with E-state index in [-0.39, 0.29) is 17.2 Å². The van der Waals surface area contributed by atoms with Gasteiger partial charge in [-0.1, -0.05) is 24.3 Å². The van der Waals surface area contributed by atoms with Gasteiger partial charge in [-0.25, -0.2) is 4.39 Å². The summed E-state index contributed by atoms with van der Waals surface area (Å²) in [5.74, 6) is -0.339. The standard InChI is InChI=1S/C26H28FN5O/c1-16-8-20(12-28)9-17(2)22(16)13-29-26(33)23-15-32(31-25(23)11-27)14-19-5-7-24-21(10-19)6-4-18(3)30-24/h4-10,15H,11-14,28H2,1-3H3,(H,29,33). The lowest BCUT2D eigenvalue weighted by Crippen LogP contribution is -2.24. The third kappa shape index (κ3) is 4.93. The van der Waals surface area contributed by atoms with E-state index in [0.717, 1.165) is 44.4 Å². The molecule has 2 aromatic carbocycles. The van der Waals surface area contributed by atoms with Crippen molar-refractivity contribution in [2.75, 3.05) is 0 Å². The Morgan fingerprint density at radius 1 is 1.06 bits per heavy atom. The molecule has 4 rings (SSSR count). The summed E-state index contributed by atoms with van der Waals surface area (Å²) in [7, 11) is 0. The molecule has 0 bridgehead atoms. The number of nitrogens with zero attached hydrogens (tertiary/aromatic N) is 3. The Kier molecular flexibility index (Phi) is 6.51. The van der Waals surface area contributed by atoms with Crippen molar-refractivity contribution in [1.29, 1.82) is 0 Å². The van der Waals surface area contributed by atoms with Crippen molar-refractivity contribution < 1.29 is 9.18 Å². The van der Waals surface area contributed by atoms with Crippen LogP contribution < -0.4 is 11.1 Å². The second-order valence-electron chi connectivity index (χ2n) is 8.40. The maximum atomic E-state index is 13.6. The summed E-state index contributed by atoms with van der Waals surface area (Å²) in [6, 6.07) is 14.0. The van der Waals surface area contributed by atoms with Crippen LogP contribution in [0.4, 0.5) is 4.39 Å². The molecule has 0 saturated carbocycles. The molecule has 0 atom stereocenters. The van der Waals surface area contributed by atoms with Gasteiger partial charge in [-0.05, 0) is 66.8 Å². The minimum atomic E-state index is -0.806. The Morgan fingerprint density at radius 3 is 2.52 bits per heavy atom. The summed E-state index contributed by atoms with van der Waals surface area (Å²) >= 11 is 0. The second-order valence-corrected chi connectivity index (χ2v) is 8.40. The number of alkyl halides is 1. The van der Waals surface area contributed by atoms with Crippen molar-refractivity contribution in [3.05, 3.63) is 93.4 Å². The molecule has 3 N–H and O–H groups in total. The monoisotopic (exact) mass is 445 g/mol. The van der Waals surface area contributed by atoms with Crippen LogP contribution in [0.1, 0.15) is 49.6 Å². The highest BCUT2D eigenvalue weighted by atomic mass is 19.1. The second kappa shape index (κ2) is 9.50. The number of amides is 1. The smallest absolute Gasteiger partial charge is 0.255 e. The zero-order valence-electron chi connectivity index (χ0n) is 19.2. The Balaban J connectivity index is 1.51. The number of fused-ring (bicyclic) bond motifs is 1. The number of aryl methyl sites for hydroxylation is 3. The van der Waals surface area contributed by atoms with Crippen molar-refractivity contribution in [3.8, 4) is 0 Å². The molecule has 0 saturated heterocycles. The number of pyridine rings is 1. The number of halogens is 1. The van der Waals surface area contributed by atoms with Crippen LogP contribution in [0.25, 0.3) is 10.9 Å². The Labute approximate surface area is 192 Å². The molecule has 2 aromatic heterocycles. The van der Waals surface area contributed by atoms with Gasteiger partial charge in [0.15, 0.2) is 0 Å². The van der Waals surface area contributed by atoms with Gasteiger partial charge in [-0.2, -0.15) is 5.10 Å². The van der Waals surface area contributed by atoms with Crippen molar-refractivity contribution in [1.82, 2.24) is 20.1 Å². The van der Waals surface area contributed by atoms with Gasteiger partial charge >= 0.3 is 0 Å². The number of aromatic nitrogens is 3. The summed E-state index contributed by atoms with van der Waals surface area (Å²) in [5, 5.41) is 8.25. The first kappa shape index (κ1) is 22.6. The van der Waals surface area contributed by atoms with E-state index in [1.165, 1.54) is 0 Å². The number of benzene rings is 2. The Hall–Kier alpha value is -3.58. The highest BCUT2D eigenvalue weighted by Gasteiger charge is 2.17. The summed E-state index contributed by atoms with van der Waals surface area (Å²) in [5.41, 5.74) is 13.2. The zero-order chi connectivity index (χ0) is 23.5. The molecule has 4 aromatic rings. The first-order valence-corrected chi connectivity index (χ1v) is 10.9. The number of nitrogens with one attached hydrogen (secondary N) is 1. The third-order valence-corrected chi connectivity index (χ3v) is 5.86. The molecule has 6 nitrogen and oxygen atoms in total. The lowest BCUT2D eigenvalue weighted by molar-refractivity contribution is 0.0949. The van der Waals surface area contributed by atoms with E-state index in [9.17, 15) is 9.18 Å². The molecule has 170 valence electrons. The molecular formula is C26H28FN5O. The third-order valence-electron chi connectivity index (χ3n) is 5.86. The Bertz CT molecular complexity index is 1300. The maximum Gasteiger partial charge on any atom is 0.255 e. The van der Waals surface area contributed by atoms with Crippen molar-refractivity contribution in [3.63, 3.8) is 0 Å². The van der Waals surface area contributed by atoms with E-state index in [0.29, 0.717) is 19.6 Å². The zero-order valence-corrected chi connectivity index (χ0v) is 19.2. The fourth-order valence-corrected chi connectivity index (χ4v) is 4.14. The Morgan fingerprint density at radius 2 is 1.82 bits per heavy atom. The van der Waals surface area contributed by atoms with Crippen LogP contribution >= 0.6 is 0 Å². The summed E-state index contributed by atoms with van der Waals surface area (Å²) < 4.78 is 15.3. The van der Waals surface area contributed by atoms with Crippen LogP contribution in [0.2, 0.25) is 0 Å². The van der Waals surface area contributed by atoms with E-state index >= 15 is 0 Å². The fourth-order valence-electron chi connectivity index (χ4n) is 4.14. The average molecular weight is 446 g/mol. The molecule has 0 spiro atoms. The van der Waals surface area contributed by atoms with Gasteiger partial charge in [0.1, 0.15) is 12.4 Å². The van der Waals surface area contributed by atoms with Crippen LogP contribution in [-0.2, 0) is 26.3 Å². The lowest BCUT2D eigenvalue weighted by atomic mass is 9.99. The van der Waals surface area contributed by atoms with Crippen LogP contribution in [0.5, 0.6) is 0 Å². The minimum Gasteiger partial charge on any atom is -0.348 e. The van der Waals surface area contributed by atoms with Crippen LogP contribution in [0, 0.1) is 20.8 Å². The molecule has 7 heteroatoms. The first-order valence-electron chi connectivity index (χ1n) is 10.9. The van der Waals surface area contributed by atoms with Gasteiger partial charge in [-0.15, -0.1) is 0 Å². The van der Waals surface area contributed by atoms with Gasteiger partial charge in [0, 0.05) is 30.4 Å². The lowest BCUT2D eigenvalue weighted by Gasteiger charge is -2.13. The van der Waals surface area contributed by atoms with Gasteiger partial charge in [0.25, 0.3) is 5.91 Å². The summed E-state index contributed by atoms with van der Waals surface area (Å²) in [6.45, 7) is 6.41. The van der Waals surface area contributed by atoms with Crippen LogP contribution in [0.15, 0.2) is 48.7 Å². The van der Waals surface area contributed by atoms with E-state index in [1.807, 2.05) is 63.2 Å². The van der Waals surface area contributed by atoms with Gasteiger partial charge in [0.2, 0.25) is 0 Å². The number of nitrogens with two attached hydrogens (primary N) is 1. The molecule has 0 aliphatic carbocycles. The highest BCUT2D eigenvalue weighted by Crippen LogP contribution is 2.19. The maximum absolute atomic E-state index is 13.6. The van der Waals surface area contributed by atoms with Gasteiger partial charge < -0.3 is 11.1 Å². The molecule has 0 unspecified atom stereocenters. The SMILES string of the molecule is Cc1ccc2cc(Cn3cc(C(=O)NCc4c(C)cc(CN)cc4C)c(CF)n3)ccc2n1. The van der Waals surface area contributed by atoms with E-state index in [1.54, 1.807) is 10.9 Å². The van der Waals surface area contributed by atoms with E-state index < -0.39 is 6.67 Å². The molecule has 2 heterocycles. The highest BCUT2D eigenvalue weighted by molar-refractivity contribution is 5.95. The fraction of sp³-hybridized carbons (Fsp3) is 0.269. The number of rotatable bonds is 7. The van der Waals surface area contributed by atoms with E-state index in [2.05, 4.69) is 15.4 Å². The number of hydrogen-bond acceptors (Lipinski definition) is 4. The van der Waals surface area contributed by atoms with Crippen molar-refractivity contribution in [2.45, 2.75) is 47.1 Å². The topological polar surface area (TPSA) is 85.8 Å². The predicted molar refractivity (Wildman–Crippen MR) is 128 cm³/mol. The first-order chi connectivity index (χ1) is 15.9. The predicted octanol–water partition coefficient (Wildman–Crippen LogP) is 4.26. The number of hydrogen-bond donors (Lipinski definition) is 2. The average Bonchev–Trinajstić information content (AvgIpc) is 3.21. The van der Waals surface area contributed by atoms with Gasteiger partial charge in [0.05, 0.1) is 17.6 Å². The van der Waals surface area contributed by atoms with Crippen LogP contribution in [-0.4, -0.2) is 20.7 Å². The molecule has 1 amide bonds. The van der Waals surface area contributed by atoms with Crippen LogP contribution in [0.3, 0.4) is 0 Å². The van der Waals surface area contributed by atoms with E-state index in [4.69, 9.17) is 5.73 Å². The number of carbonyl (C=O) groups excluding carboxylic acids is 1. The van der Waals surface area contributed by atoms with Crippen molar-refractivity contribution in [2.24, 2.45) is 5.73 Å². The molecular weight excluding hydrogens is 417 g/mol. The molecule has 0 fully saturated rings. The number of carbonyl (C=O) groups is 1. The molecule has 33 heavy (non-hydrogen) atoms. The summed E-state index contributed by atoms with van der Waals surface area (Å²) in [6.07, 6.45) is 1.61. The van der Waals surface area contributed by atoms with Gasteiger partial charge in [-0.3, -0.25) is 14.5 Å². The molecule has 0 radical (unpaired) electrons. The largest absolute Gasteiger partial charge is 0.348 e. The summed E-state index contributed by atoms with van der Waals surface area (Å²) in [4.78, 5) is 17.4.